The van der Waals surface area contributed by atoms with Crippen LogP contribution >= 0.6 is 11.6 Å². The zero-order chi connectivity index (χ0) is 28.7. The van der Waals surface area contributed by atoms with Gasteiger partial charge in [0.05, 0.1) is 16.9 Å². The van der Waals surface area contributed by atoms with Gasteiger partial charge in [-0.15, -0.1) is 0 Å². The van der Waals surface area contributed by atoms with Gasteiger partial charge in [-0.05, 0) is 61.4 Å². The van der Waals surface area contributed by atoms with Crippen LogP contribution in [-0.2, 0) is 14.8 Å². The number of halogens is 2. The number of hydrogen-bond acceptors (Lipinski definition) is 7. The number of para-hydroxylation sites is 1. The van der Waals surface area contributed by atoms with E-state index < -0.39 is 15.9 Å². The fraction of sp³-hybridized carbons (Fsp3) is 0.286. The smallest absolute Gasteiger partial charge is 0.269 e. The number of fused-ring (bicyclic) bond motifs is 1. The van der Waals surface area contributed by atoms with Crippen LogP contribution < -0.4 is 10.0 Å². The highest BCUT2D eigenvalue weighted by Crippen LogP contribution is 2.33. The lowest BCUT2D eigenvalue weighted by Gasteiger charge is -2.32. The molecule has 1 saturated carbocycles. The normalized spacial score (nSPS) is 16.1. The average molecular weight is 597 g/mol. The molecule has 10 nitrogen and oxygen atoms in total. The van der Waals surface area contributed by atoms with Crippen molar-refractivity contribution in [2.45, 2.75) is 36.5 Å². The van der Waals surface area contributed by atoms with Gasteiger partial charge in [-0.1, -0.05) is 35.9 Å². The van der Waals surface area contributed by atoms with E-state index in [9.17, 15) is 22.4 Å². The highest BCUT2D eigenvalue weighted by Gasteiger charge is 2.35. The minimum absolute atomic E-state index is 0.0535. The second kappa shape index (κ2) is 10.7. The third-order valence-corrected chi connectivity index (χ3v) is 9.11. The minimum Gasteiger partial charge on any atom is -0.338 e. The van der Waals surface area contributed by atoms with E-state index in [-0.39, 0.29) is 45.5 Å². The van der Waals surface area contributed by atoms with Gasteiger partial charge in [0.2, 0.25) is 5.91 Å². The van der Waals surface area contributed by atoms with Crippen LogP contribution in [0.15, 0.2) is 65.8 Å². The lowest BCUT2D eigenvalue weighted by molar-refractivity contribution is -0.120. The Hall–Kier alpha value is -4.03. The van der Waals surface area contributed by atoms with Crippen LogP contribution in [0.5, 0.6) is 0 Å². The van der Waals surface area contributed by atoms with Gasteiger partial charge in [0.25, 0.3) is 15.9 Å². The van der Waals surface area contributed by atoms with Crippen LogP contribution in [0.3, 0.4) is 0 Å². The molecule has 1 saturated heterocycles. The van der Waals surface area contributed by atoms with Crippen molar-refractivity contribution in [2.24, 2.45) is 5.92 Å². The van der Waals surface area contributed by atoms with Gasteiger partial charge >= 0.3 is 0 Å². The second-order valence-corrected chi connectivity index (χ2v) is 12.3. The number of carbonyl (C=O) groups excluding carboxylic acids is 2. The summed E-state index contributed by atoms with van der Waals surface area (Å²) in [5.74, 6) is -1.09. The summed E-state index contributed by atoms with van der Waals surface area (Å²) in [6, 6.07) is 13.3. The van der Waals surface area contributed by atoms with Crippen molar-refractivity contribution < 1.29 is 22.4 Å². The first-order valence-corrected chi connectivity index (χ1v) is 15.1. The van der Waals surface area contributed by atoms with Gasteiger partial charge in [0, 0.05) is 25.2 Å². The molecule has 2 N–H and O–H groups in total. The highest BCUT2D eigenvalue weighted by atomic mass is 35.5. The molecule has 4 aromatic rings. The molecule has 0 atom stereocenters. The number of likely N-dealkylation sites (tertiary alicyclic amines) is 1. The number of anilines is 2. The number of rotatable bonds is 7. The fourth-order valence-electron chi connectivity index (χ4n) is 5.00. The van der Waals surface area contributed by atoms with E-state index in [0.29, 0.717) is 49.5 Å². The van der Waals surface area contributed by atoms with Crippen LogP contribution in [0.25, 0.3) is 5.65 Å². The van der Waals surface area contributed by atoms with Gasteiger partial charge in [-0.25, -0.2) is 22.5 Å². The third-order valence-electron chi connectivity index (χ3n) is 7.45. The Morgan fingerprint density at radius 1 is 0.976 bits per heavy atom. The monoisotopic (exact) mass is 596 g/mol. The molecule has 1 aliphatic heterocycles. The van der Waals surface area contributed by atoms with Crippen molar-refractivity contribution in [3.63, 3.8) is 0 Å². The standard InChI is InChI=1S/C28H26ClFN6O4S/c29-22-3-1-2-4-23(22)33-25-21(28(38)35-13-11-18(12-14-35)17-7-9-20(30)10-8-17)15-31-26-24(16-32-36(25)26)41(39,40)34-27(37)19-5-6-19/h1-4,7-10,15-16,18-19,33H,5-6,11-14H2,(H,34,37). The van der Waals surface area contributed by atoms with Crippen molar-refractivity contribution in [2.75, 3.05) is 18.4 Å². The summed E-state index contributed by atoms with van der Waals surface area (Å²) in [7, 11) is -4.25. The summed E-state index contributed by atoms with van der Waals surface area (Å²) in [5.41, 5.74) is 1.63. The molecule has 0 bridgehead atoms. The number of nitrogens with one attached hydrogen (secondary N) is 2. The molecule has 13 heteroatoms. The Kier molecular flexibility index (Phi) is 7.12. The Bertz CT molecular complexity index is 1750. The van der Waals surface area contributed by atoms with Crippen LogP contribution in [0, 0.1) is 11.7 Å². The first-order chi connectivity index (χ1) is 19.7. The van der Waals surface area contributed by atoms with Crippen molar-refractivity contribution in [1.29, 1.82) is 0 Å². The Balaban J connectivity index is 1.33. The number of amides is 2. The summed E-state index contributed by atoms with van der Waals surface area (Å²) < 4.78 is 42.8. The molecule has 2 fully saturated rings. The number of piperidine rings is 1. The molecule has 1 aliphatic carbocycles. The Morgan fingerprint density at radius 2 is 1.68 bits per heavy atom. The molecular formula is C28H26ClFN6O4S. The van der Waals surface area contributed by atoms with Gasteiger partial charge < -0.3 is 10.2 Å². The summed E-state index contributed by atoms with van der Waals surface area (Å²) in [5, 5.41) is 7.77. The number of aromatic nitrogens is 3. The maximum Gasteiger partial charge on any atom is 0.269 e. The van der Waals surface area contributed by atoms with Crippen molar-refractivity contribution in [1.82, 2.24) is 24.2 Å². The zero-order valence-corrected chi connectivity index (χ0v) is 23.3. The molecule has 2 aromatic heterocycles. The highest BCUT2D eigenvalue weighted by molar-refractivity contribution is 7.90. The second-order valence-electron chi connectivity index (χ2n) is 10.2. The minimum atomic E-state index is -4.25. The molecule has 0 unspecified atom stereocenters. The van der Waals surface area contributed by atoms with E-state index in [1.165, 1.54) is 22.8 Å². The molecule has 3 heterocycles. The average Bonchev–Trinajstić information content (AvgIpc) is 3.73. The summed E-state index contributed by atoms with van der Waals surface area (Å²) >= 11 is 6.39. The van der Waals surface area contributed by atoms with E-state index in [0.717, 1.165) is 11.8 Å². The first-order valence-electron chi connectivity index (χ1n) is 13.2. The fourth-order valence-corrected chi connectivity index (χ4v) is 6.29. The van der Waals surface area contributed by atoms with Gasteiger partial charge in [0.1, 0.15) is 17.2 Å². The molecule has 2 aliphatic rings. The first kappa shape index (κ1) is 27.2. The Labute approximate surface area is 240 Å². The third kappa shape index (κ3) is 5.49. The lowest BCUT2D eigenvalue weighted by atomic mass is 9.89. The molecule has 0 spiro atoms. The van der Waals surface area contributed by atoms with Crippen LogP contribution in [0.1, 0.15) is 47.5 Å². The van der Waals surface area contributed by atoms with Crippen molar-refractivity contribution in [3.8, 4) is 0 Å². The van der Waals surface area contributed by atoms with Crippen LogP contribution in [0.2, 0.25) is 5.02 Å². The number of carbonyl (C=O) groups is 2. The molecule has 41 heavy (non-hydrogen) atoms. The molecule has 2 aromatic carbocycles. The predicted octanol–water partition coefficient (Wildman–Crippen LogP) is 4.50. The van der Waals surface area contributed by atoms with Gasteiger partial charge in [-0.2, -0.15) is 9.61 Å². The SMILES string of the molecule is O=C(NS(=O)(=O)c1cnn2c(Nc3ccccc3Cl)c(C(=O)N3CCC(c4ccc(F)cc4)CC3)cnc12)C1CC1. The summed E-state index contributed by atoms with van der Waals surface area (Å²) in [6.45, 7) is 0.937. The zero-order valence-electron chi connectivity index (χ0n) is 21.8. The molecule has 212 valence electrons. The molecular weight excluding hydrogens is 571 g/mol. The number of hydrogen-bond donors (Lipinski definition) is 2. The maximum atomic E-state index is 13.8. The van der Waals surface area contributed by atoms with E-state index in [4.69, 9.17) is 11.6 Å². The topological polar surface area (TPSA) is 126 Å². The van der Waals surface area contributed by atoms with Gasteiger partial charge in [0.15, 0.2) is 10.5 Å². The number of nitrogens with zero attached hydrogens (tertiary/aromatic N) is 4. The predicted molar refractivity (Wildman–Crippen MR) is 150 cm³/mol. The molecule has 0 radical (unpaired) electrons. The van der Waals surface area contributed by atoms with E-state index >= 15 is 0 Å². The summed E-state index contributed by atoms with van der Waals surface area (Å²) in [6.07, 6.45) is 5.10. The summed E-state index contributed by atoms with van der Waals surface area (Å²) in [4.78, 5) is 31.7. The molecule has 2 amide bonds. The van der Waals surface area contributed by atoms with Crippen molar-refractivity contribution >= 4 is 50.6 Å². The van der Waals surface area contributed by atoms with Gasteiger partial charge in [-0.3, -0.25) is 9.59 Å². The van der Waals surface area contributed by atoms with E-state index in [2.05, 4.69) is 20.1 Å². The number of sulfonamides is 1. The number of benzene rings is 2. The van der Waals surface area contributed by atoms with Crippen molar-refractivity contribution in [3.05, 3.63) is 82.9 Å². The lowest BCUT2D eigenvalue weighted by Crippen LogP contribution is -2.38. The largest absolute Gasteiger partial charge is 0.338 e. The Morgan fingerprint density at radius 3 is 2.37 bits per heavy atom. The quantitative estimate of drug-likeness (QED) is 0.322. The van der Waals surface area contributed by atoms with Crippen LogP contribution in [0.4, 0.5) is 15.9 Å². The van der Waals surface area contributed by atoms with E-state index in [1.54, 1.807) is 41.3 Å². The van der Waals surface area contributed by atoms with E-state index in [1.807, 2.05) is 0 Å². The van der Waals surface area contributed by atoms with Crippen LogP contribution in [-0.4, -0.2) is 52.8 Å². The maximum absolute atomic E-state index is 13.8. The molecule has 6 rings (SSSR count).